The fraction of sp³-hybridized carbons (Fsp3) is 0. The summed E-state index contributed by atoms with van der Waals surface area (Å²) in [5, 5.41) is 0. The first-order valence-corrected chi connectivity index (χ1v) is 4.57. The Labute approximate surface area is 90.6 Å². The monoisotopic (exact) mass is 219 g/mol. The quantitative estimate of drug-likeness (QED) is 0.574. The van der Waals surface area contributed by atoms with Crippen LogP contribution >= 0.6 is 0 Å². The van der Waals surface area contributed by atoms with Crippen LogP contribution in [0.3, 0.4) is 0 Å². The Morgan fingerprint density at radius 2 is 1.94 bits per heavy atom. The second-order valence-electron chi connectivity index (χ2n) is 3.22. The summed E-state index contributed by atoms with van der Waals surface area (Å²) in [7, 11) is 0. The summed E-state index contributed by atoms with van der Waals surface area (Å²) in [6.07, 6.45) is 1.86. The second kappa shape index (κ2) is 4.18. The Hall–Kier alpha value is -2.10. The Kier molecular flexibility index (Phi) is 2.72. The summed E-state index contributed by atoms with van der Waals surface area (Å²) in [5.41, 5.74) is 1.32. The zero-order chi connectivity index (χ0) is 11.5. The maximum absolute atomic E-state index is 12.9. The molecule has 0 amide bonds. The Morgan fingerprint density at radius 3 is 2.56 bits per heavy atom. The van der Waals surface area contributed by atoms with Gasteiger partial charge in [-0.05, 0) is 29.8 Å². The minimum atomic E-state index is -0.599. The first-order chi connectivity index (χ1) is 7.70. The lowest BCUT2D eigenvalue weighted by Crippen LogP contribution is -1.90. The average Bonchev–Trinajstić information content (AvgIpc) is 2.30. The largest absolute Gasteiger partial charge is 0.298 e. The van der Waals surface area contributed by atoms with Crippen molar-refractivity contribution in [1.29, 1.82) is 0 Å². The number of hydrogen-bond acceptors (Lipinski definition) is 2. The van der Waals surface area contributed by atoms with Crippen molar-refractivity contribution in [2.75, 3.05) is 0 Å². The molecule has 0 aliphatic heterocycles. The molecule has 0 fully saturated rings. The molecule has 0 spiro atoms. The van der Waals surface area contributed by atoms with Crippen LogP contribution in [0, 0.1) is 11.8 Å². The molecule has 0 bridgehead atoms. The third kappa shape index (κ3) is 1.95. The summed E-state index contributed by atoms with van der Waals surface area (Å²) >= 11 is 0. The molecule has 0 saturated heterocycles. The van der Waals surface area contributed by atoms with E-state index in [0.717, 1.165) is 6.07 Å². The summed E-state index contributed by atoms with van der Waals surface area (Å²) in [6, 6.07) is 6.52. The molecule has 0 aliphatic carbocycles. The van der Waals surface area contributed by atoms with Gasteiger partial charge in [-0.15, -0.1) is 0 Å². The number of hydrogen-bond donors (Lipinski definition) is 0. The zero-order valence-electron chi connectivity index (χ0n) is 8.15. The predicted octanol–water partition coefficient (Wildman–Crippen LogP) is 2.84. The van der Waals surface area contributed by atoms with E-state index in [1.807, 2.05) is 0 Å². The number of carbonyl (C=O) groups is 1. The molecule has 0 saturated carbocycles. The summed E-state index contributed by atoms with van der Waals surface area (Å²) in [5.74, 6) is -1.08. The number of aromatic nitrogens is 1. The molecule has 80 valence electrons. The van der Waals surface area contributed by atoms with Gasteiger partial charge in [0.2, 0.25) is 5.95 Å². The van der Waals surface area contributed by atoms with E-state index >= 15 is 0 Å². The average molecular weight is 219 g/mol. The van der Waals surface area contributed by atoms with Gasteiger partial charge in [-0.2, -0.15) is 4.39 Å². The zero-order valence-corrected chi connectivity index (χ0v) is 8.15. The fourth-order valence-corrected chi connectivity index (χ4v) is 1.43. The maximum Gasteiger partial charge on any atom is 0.212 e. The smallest absolute Gasteiger partial charge is 0.212 e. The van der Waals surface area contributed by atoms with Crippen molar-refractivity contribution in [3.05, 3.63) is 53.9 Å². The molecule has 4 heteroatoms. The highest BCUT2D eigenvalue weighted by Crippen LogP contribution is 2.22. The molecule has 0 aliphatic rings. The molecular weight excluding hydrogens is 212 g/mol. The van der Waals surface area contributed by atoms with Crippen LogP contribution in [0.15, 0.2) is 36.5 Å². The molecule has 1 aromatic carbocycles. The Bertz CT molecular complexity index is 523. The standard InChI is InChI=1S/C12H7F2NO/c13-10-2-3-11(9(5-10)7-16)8-1-4-12(14)15-6-8/h1-7H. The minimum absolute atomic E-state index is 0.216. The van der Waals surface area contributed by atoms with Crippen LogP contribution in [0.2, 0.25) is 0 Å². The van der Waals surface area contributed by atoms with Gasteiger partial charge in [-0.3, -0.25) is 4.79 Å². The molecule has 0 radical (unpaired) electrons. The van der Waals surface area contributed by atoms with Crippen molar-refractivity contribution in [3.63, 3.8) is 0 Å². The number of nitrogens with zero attached hydrogens (tertiary/aromatic N) is 1. The summed E-state index contributed by atoms with van der Waals surface area (Å²) < 4.78 is 25.5. The number of pyridine rings is 1. The van der Waals surface area contributed by atoms with Crippen LogP contribution in [0.5, 0.6) is 0 Å². The fourth-order valence-electron chi connectivity index (χ4n) is 1.43. The van der Waals surface area contributed by atoms with Gasteiger partial charge in [0, 0.05) is 17.3 Å². The topological polar surface area (TPSA) is 30.0 Å². The molecule has 2 aromatic rings. The normalized spacial score (nSPS) is 10.1. The van der Waals surface area contributed by atoms with E-state index in [1.165, 1.54) is 30.5 Å². The minimum Gasteiger partial charge on any atom is -0.298 e. The first-order valence-electron chi connectivity index (χ1n) is 4.57. The SMILES string of the molecule is O=Cc1cc(F)ccc1-c1ccc(F)nc1. The third-order valence-electron chi connectivity index (χ3n) is 2.18. The molecule has 0 unspecified atom stereocenters. The van der Waals surface area contributed by atoms with Gasteiger partial charge in [-0.1, -0.05) is 6.07 Å². The number of halogens is 2. The highest BCUT2D eigenvalue weighted by Gasteiger charge is 2.06. The highest BCUT2D eigenvalue weighted by atomic mass is 19.1. The highest BCUT2D eigenvalue weighted by molar-refractivity contribution is 5.87. The van der Waals surface area contributed by atoms with Crippen LogP contribution in [-0.2, 0) is 0 Å². The molecule has 0 N–H and O–H groups in total. The summed E-state index contributed by atoms with van der Waals surface area (Å²) in [4.78, 5) is 14.2. The van der Waals surface area contributed by atoms with E-state index in [9.17, 15) is 13.6 Å². The number of rotatable bonds is 2. The van der Waals surface area contributed by atoms with Gasteiger partial charge >= 0.3 is 0 Å². The van der Waals surface area contributed by atoms with Gasteiger partial charge < -0.3 is 0 Å². The molecule has 0 atom stereocenters. The van der Waals surface area contributed by atoms with Crippen LogP contribution in [0.1, 0.15) is 10.4 Å². The molecule has 2 rings (SSSR count). The van der Waals surface area contributed by atoms with E-state index in [4.69, 9.17) is 0 Å². The van der Waals surface area contributed by atoms with Crippen molar-refractivity contribution >= 4 is 6.29 Å². The van der Waals surface area contributed by atoms with Gasteiger partial charge in [0.25, 0.3) is 0 Å². The first kappa shape index (κ1) is 10.4. The van der Waals surface area contributed by atoms with Crippen LogP contribution < -0.4 is 0 Å². The van der Waals surface area contributed by atoms with Gasteiger partial charge in [0.15, 0.2) is 6.29 Å². The number of aldehydes is 1. The van der Waals surface area contributed by atoms with E-state index in [1.54, 1.807) is 0 Å². The molecule has 1 heterocycles. The predicted molar refractivity (Wildman–Crippen MR) is 55.0 cm³/mol. The second-order valence-corrected chi connectivity index (χ2v) is 3.22. The van der Waals surface area contributed by atoms with Crippen molar-refractivity contribution in [2.24, 2.45) is 0 Å². The Balaban J connectivity index is 2.55. The van der Waals surface area contributed by atoms with E-state index < -0.39 is 11.8 Å². The van der Waals surface area contributed by atoms with E-state index in [0.29, 0.717) is 17.4 Å². The van der Waals surface area contributed by atoms with Crippen molar-refractivity contribution in [1.82, 2.24) is 4.98 Å². The van der Waals surface area contributed by atoms with Gasteiger partial charge in [0.1, 0.15) is 5.82 Å². The van der Waals surface area contributed by atoms with Crippen molar-refractivity contribution in [3.8, 4) is 11.1 Å². The third-order valence-corrected chi connectivity index (χ3v) is 2.18. The summed E-state index contributed by atoms with van der Waals surface area (Å²) in [6.45, 7) is 0. The molecule has 2 nitrogen and oxygen atoms in total. The molecular formula is C12H7F2NO. The maximum atomic E-state index is 12.9. The van der Waals surface area contributed by atoms with E-state index in [2.05, 4.69) is 4.98 Å². The van der Waals surface area contributed by atoms with Crippen LogP contribution in [-0.4, -0.2) is 11.3 Å². The van der Waals surface area contributed by atoms with Crippen molar-refractivity contribution in [2.45, 2.75) is 0 Å². The van der Waals surface area contributed by atoms with Crippen molar-refractivity contribution < 1.29 is 13.6 Å². The van der Waals surface area contributed by atoms with Gasteiger partial charge in [-0.25, -0.2) is 9.37 Å². The van der Waals surface area contributed by atoms with Crippen LogP contribution in [0.25, 0.3) is 11.1 Å². The Morgan fingerprint density at radius 1 is 1.12 bits per heavy atom. The lowest BCUT2D eigenvalue weighted by molar-refractivity contribution is 0.112. The molecule has 16 heavy (non-hydrogen) atoms. The lowest BCUT2D eigenvalue weighted by Gasteiger charge is -2.04. The van der Waals surface area contributed by atoms with Crippen LogP contribution in [0.4, 0.5) is 8.78 Å². The van der Waals surface area contributed by atoms with Gasteiger partial charge in [0.05, 0.1) is 0 Å². The lowest BCUT2D eigenvalue weighted by atomic mass is 10.0. The number of carbonyl (C=O) groups excluding carboxylic acids is 1. The number of benzene rings is 1. The molecule has 1 aromatic heterocycles. The van der Waals surface area contributed by atoms with E-state index in [-0.39, 0.29) is 5.56 Å².